The normalized spacial score (nSPS) is 14.4. The van der Waals surface area contributed by atoms with Gasteiger partial charge in [0.15, 0.2) is 5.82 Å². The zero-order chi connectivity index (χ0) is 18.8. The number of halogens is 2. The predicted molar refractivity (Wildman–Crippen MR) is 111 cm³/mol. The Bertz CT molecular complexity index is 931. The largest absolute Gasteiger partial charge is 0.352 e. The van der Waals surface area contributed by atoms with Gasteiger partial charge in [0.2, 0.25) is 0 Å². The third-order valence-electron chi connectivity index (χ3n) is 4.70. The summed E-state index contributed by atoms with van der Waals surface area (Å²) in [6, 6.07) is 17.2. The lowest BCUT2D eigenvalue weighted by atomic mass is 10.1. The number of hydrogen-bond donors (Lipinski definition) is 1. The number of carbonyl (C=O) groups excluding carboxylic acids is 1. The molecule has 2 heterocycles. The third-order valence-corrected chi connectivity index (χ3v) is 5.48. The molecule has 7 heteroatoms. The Labute approximate surface area is 171 Å². The molecule has 0 unspecified atom stereocenters. The molecule has 1 aliphatic heterocycles. The first-order chi connectivity index (χ1) is 13.1. The molecule has 0 bridgehead atoms. The minimum Gasteiger partial charge on any atom is -0.352 e. The van der Waals surface area contributed by atoms with Crippen molar-refractivity contribution in [3.05, 3.63) is 69.7 Å². The average Bonchev–Trinajstić information content (AvgIpc) is 3.19. The number of nitrogens with zero attached hydrogens (tertiary/aromatic N) is 3. The molecular formula is C20H18BrClN4O. The van der Waals surface area contributed by atoms with Gasteiger partial charge in [0.25, 0.3) is 5.91 Å². The second-order valence-electron chi connectivity index (χ2n) is 6.43. The van der Waals surface area contributed by atoms with Crippen molar-refractivity contribution >= 4 is 39.3 Å². The molecule has 0 aliphatic carbocycles. The SMILES string of the molecule is O=C(c1ccc(Br)cc1)N1CCN(c2cc(-c3ccc(Cl)cc3)[nH]n2)CC1. The topological polar surface area (TPSA) is 52.2 Å². The number of nitrogens with one attached hydrogen (secondary N) is 1. The van der Waals surface area contributed by atoms with Gasteiger partial charge in [-0.1, -0.05) is 39.7 Å². The maximum atomic E-state index is 12.6. The highest BCUT2D eigenvalue weighted by Gasteiger charge is 2.23. The number of aromatic nitrogens is 2. The molecule has 1 aliphatic rings. The van der Waals surface area contributed by atoms with Crippen LogP contribution in [0.4, 0.5) is 5.82 Å². The van der Waals surface area contributed by atoms with E-state index >= 15 is 0 Å². The summed E-state index contributed by atoms with van der Waals surface area (Å²) in [4.78, 5) is 16.7. The highest BCUT2D eigenvalue weighted by atomic mass is 79.9. The predicted octanol–water partition coefficient (Wildman–Crippen LogP) is 4.46. The lowest BCUT2D eigenvalue weighted by Crippen LogP contribution is -2.48. The van der Waals surface area contributed by atoms with Gasteiger partial charge in [0.1, 0.15) is 0 Å². The second-order valence-corrected chi connectivity index (χ2v) is 7.78. The van der Waals surface area contributed by atoms with Crippen molar-refractivity contribution in [3.63, 3.8) is 0 Å². The van der Waals surface area contributed by atoms with E-state index in [1.54, 1.807) is 0 Å². The molecule has 138 valence electrons. The molecule has 1 saturated heterocycles. The van der Waals surface area contributed by atoms with Gasteiger partial charge in [-0.2, -0.15) is 5.10 Å². The molecule has 3 aromatic rings. The van der Waals surface area contributed by atoms with Crippen molar-refractivity contribution in [2.75, 3.05) is 31.1 Å². The molecule has 5 nitrogen and oxygen atoms in total. The summed E-state index contributed by atoms with van der Waals surface area (Å²) in [7, 11) is 0. The molecule has 1 fully saturated rings. The zero-order valence-electron chi connectivity index (χ0n) is 14.5. The number of amides is 1. The number of benzene rings is 2. The van der Waals surface area contributed by atoms with Crippen LogP contribution >= 0.6 is 27.5 Å². The molecule has 1 N–H and O–H groups in total. The molecule has 27 heavy (non-hydrogen) atoms. The molecule has 1 aromatic heterocycles. The number of aromatic amines is 1. The minimum atomic E-state index is 0.0750. The van der Waals surface area contributed by atoms with E-state index in [1.807, 2.05) is 59.5 Å². The highest BCUT2D eigenvalue weighted by molar-refractivity contribution is 9.10. The second kappa shape index (κ2) is 7.74. The highest BCUT2D eigenvalue weighted by Crippen LogP contribution is 2.24. The van der Waals surface area contributed by atoms with E-state index in [0.29, 0.717) is 18.1 Å². The standard InChI is InChI=1S/C20H18BrClN4O/c21-16-5-1-15(2-6-16)20(27)26-11-9-25(10-12-26)19-13-18(23-24-19)14-3-7-17(22)8-4-14/h1-8,13H,9-12H2,(H,23,24). The van der Waals surface area contributed by atoms with Crippen LogP contribution in [0.5, 0.6) is 0 Å². The van der Waals surface area contributed by atoms with Crippen LogP contribution in [0.25, 0.3) is 11.3 Å². The summed E-state index contributed by atoms with van der Waals surface area (Å²) in [5.74, 6) is 0.974. The first-order valence-corrected chi connectivity index (χ1v) is 9.88. The molecule has 0 saturated carbocycles. The quantitative estimate of drug-likeness (QED) is 0.648. The maximum absolute atomic E-state index is 12.6. The van der Waals surface area contributed by atoms with Crippen LogP contribution in [0.1, 0.15) is 10.4 Å². The Hall–Kier alpha value is -2.31. The third kappa shape index (κ3) is 4.01. The van der Waals surface area contributed by atoms with Crippen LogP contribution in [0.15, 0.2) is 59.1 Å². The van der Waals surface area contributed by atoms with E-state index < -0.39 is 0 Å². The van der Waals surface area contributed by atoms with E-state index in [-0.39, 0.29) is 5.91 Å². The molecule has 0 radical (unpaired) electrons. The zero-order valence-corrected chi connectivity index (χ0v) is 16.9. The van der Waals surface area contributed by atoms with Crippen LogP contribution in [-0.4, -0.2) is 47.2 Å². The van der Waals surface area contributed by atoms with Gasteiger partial charge in [-0.15, -0.1) is 0 Å². The van der Waals surface area contributed by atoms with Crippen LogP contribution in [0.3, 0.4) is 0 Å². The summed E-state index contributed by atoms with van der Waals surface area (Å²) in [5.41, 5.74) is 2.72. The van der Waals surface area contributed by atoms with E-state index in [1.165, 1.54) is 0 Å². The number of carbonyl (C=O) groups is 1. The van der Waals surface area contributed by atoms with E-state index in [4.69, 9.17) is 11.6 Å². The smallest absolute Gasteiger partial charge is 0.253 e. The van der Waals surface area contributed by atoms with Gasteiger partial charge >= 0.3 is 0 Å². The van der Waals surface area contributed by atoms with Crippen LogP contribution in [-0.2, 0) is 0 Å². The van der Waals surface area contributed by atoms with Gasteiger partial charge in [-0.3, -0.25) is 9.89 Å². The molecule has 2 aromatic carbocycles. The van der Waals surface area contributed by atoms with Crippen molar-refractivity contribution in [2.24, 2.45) is 0 Å². The van der Waals surface area contributed by atoms with Gasteiger partial charge in [-0.05, 0) is 42.0 Å². The van der Waals surface area contributed by atoms with Crippen molar-refractivity contribution < 1.29 is 4.79 Å². The Morgan fingerprint density at radius 1 is 1.00 bits per heavy atom. The molecule has 0 spiro atoms. The average molecular weight is 446 g/mol. The maximum Gasteiger partial charge on any atom is 0.253 e. The summed E-state index contributed by atoms with van der Waals surface area (Å²) < 4.78 is 0.971. The van der Waals surface area contributed by atoms with Crippen LogP contribution in [0, 0.1) is 0 Å². The number of rotatable bonds is 3. The van der Waals surface area contributed by atoms with Crippen molar-refractivity contribution in [2.45, 2.75) is 0 Å². The Morgan fingerprint density at radius 3 is 2.33 bits per heavy atom. The first kappa shape index (κ1) is 18.1. The van der Waals surface area contributed by atoms with Crippen molar-refractivity contribution in [1.29, 1.82) is 0 Å². The van der Waals surface area contributed by atoms with E-state index in [2.05, 4.69) is 31.0 Å². The Morgan fingerprint density at radius 2 is 1.67 bits per heavy atom. The fourth-order valence-electron chi connectivity index (χ4n) is 3.16. The minimum absolute atomic E-state index is 0.0750. The molecule has 0 atom stereocenters. The van der Waals surface area contributed by atoms with Crippen LogP contribution in [0.2, 0.25) is 5.02 Å². The fourth-order valence-corrected chi connectivity index (χ4v) is 3.55. The fraction of sp³-hybridized carbons (Fsp3) is 0.200. The summed E-state index contributed by atoms with van der Waals surface area (Å²) in [5, 5.41) is 8.23. The van der Waals surface area contributed by atoms with E-state index in [0.717, 1.165) is 40.2 Å². The number of anilines is 1. The molecule has 1 amide bonds. The van der Waals surface area contributed by atoms with Gasteiger partial charge in [0.05, 0.1) is 5.69 Å². The van der Waals surface area contributed by atoms with Crippen molar-refractivity contribution in [1.82, 2.24) is 15.1 Å². The monoisotopic (exact) mass is 444 g/mol. The first-order valence-electron chi connectivity index (χ1n) is 8.71. The van der Waals surface area contributed by atoms with Crippen LogP contribution < -0.4 is 4.90 Å². The molecule has 4 rings (SSSR count). The summed E-state index contributed by atoms with van der Waals surface area (Å²) in [6.45, 7) is 2.87. The number of H-pyrrole nitrogens is 1. The van der Waals surface area contributed by atoms with Gasteiger partial charge < -0.3 is 9.80 Å². The number of piperazine rings is 1. The lowest BCUT2D eigenvalue weighted by Gasteiger charge is -2.34. The summed E-state index contributed by atoms with van der Waals surface area (Å²) in [6.07, 6.45) is 0. The Balaban J connectivity index is 1.40. The summed E-state index contributed by atoms with van der Waals surface area (Å²) >= 11 is 9.35. The molecular weight excluding hydrogens is 428 g/mol. The van der Waals surface area contributed by atoms with Gasteiger partial charge in [-0.25, -0.2) is 0 Å². The lowest BCUT2D eigenvalue weighted by molar-refractivity contribution is 0.0746. The van der Waals surface area contributed by atoms with E-state index in [9.17, 15) is 4.79 Å². The van der Waals surface area contributed by atoms with Crippen molar-refractivity contribution in [3.8, 4) is 11.3 Å². The number of hydrogen-bond acceptors (Lipinski definition) is 3. The Kier molecular flexibility index (Phi) is 5.18. The van der Waals surface area contributed by atoms with Gasteiger partial charge in [0, 0.05) is 47.3 Å².